The number of ketones is 1. The first-order valence-corrected chi connectivity index (χ1v) is 6.33. The summed E-state index contributed by atoms with van der Waals surface area (Å²) in [6, 6.07) is 0.992. The molecule has 0 heterocycles. The molecular weight excluding hydrogens is 283 g/mol. The number of Topliss-reactive ketones (excluding diaryl/α,β-unsaturated/α-hetero) is 1. The molecule has 21 heavy (non-hydrogen) atoms. The predicted octanol–water partition coefficient (Wildman–Crippen LogP) is 4.01. The van der Waals surface area contributed by atoms with Gasteiger partial charge in [0.15, 0.2) is 17.4 Å². The number of hydrogen-bond acceptors (Lipinski definition) is 3. The maximum absolute atomic E-state index is 13.4. The molecule has 1 aromatic rings. The molecular formula is C15H14F3NO2. The van der Waals surface area contributed by atoms with Crippen molar-refractivity contribution < 1.29 is 23.1 Å². The summed E-state index contributed by atoms with van der Waals surface area (Å²) >= 11 is 0. The highest BCUT2D eigenvalue weighted by molar-refractivity contribution is 6.14. The van der Waals surface area contributed by atoms with E-state index in [2.05, 4.69) is 4.99 Å². The maximum Gasteiger partial charge on any atom is 0.168 e. The number of aliphatic hydroxyl groups excluding tert-OH is 1. The van der Waals surface area contributed by atoms with Crippen LogP contribution in [0, 0.1) is 22.9 Å². The number of carbonyl (C=O) groups is 1. The van der Waals surface area contributed by atoms with Gasteiger partial charge < -0.3 is 5.11 Å². The van der Waals surface area contributed by atoms with Gasteiger partial charge in [-0.1, -0.05) is 13.8 Å². The first-order valence-electron chi connectivity index (χ1n) is 6.33. The van der Waals surface area contributed by atoms with Crippen molar-refractivity contribution in [2.45, 2.75) is 26.7 Å². The van der Waals surface area contributed by atoms with Gasteiger partial charge in [0.2, 0.25) is 0 Å². The standard InChI is InChI=1S/C15H14F3NO2/c1-15(2)5-12(20)9(13(21)6-15)7-19-14-10(17)3-8(16)4-11(14)18/h3-4,7,20H,5-6H2,1-2H3. The molecule has 0 unspecified atom stereocenters. The molecule has 6 heteroatoms. The van der Waals surface area contributed by atoms with E-state index in [0.717, 1.165) is 6.21 Å². The highest BCUT2D eigenvalue weighted by Crippen LogP contribution is 2.35. The lowest BCUT2D eigenvalue weighted by Crippen LogP contribution is -2.26. The Morgan fingerprint density at radius 3 is 2.29 bits per heavy atom. The van der Waals surface area contributed by atoms with Gasteiger partial charge >= 0.3 is 0 Å². The fraction of sp³-hybridized carbons (Fsp3) is 0.333. The largest absolute Gasteiger partial charge is 0.511 e. The number of carbonyl (C=O) groups excluding carboxylic acids is 1. The Kier molecular flexibility index (Phi) is 3.89. The minimum Gasteiger partial charge on any atom is -0.511 e. The Morgan fingerprint density at radius 1 is 1.19 bits per heavy atom. The lowest BCUT2D eigenvalue weighted by Gasteiger charge is -2.28. The summed E-state index contributed by atoms with van der Waals surface area (Å²) in [5, 5.41) is 9.86. The number of aliphatic imine (C=N–C) groups is 1. The Bertz CT molecular complexity index is 640. The van der Waals surface area contributed by atoms with Gasteiger partial charge in [0.05, 0.1) is 5.57 Å². The van der Waals surface area contributed by atoms with E-state index >= 15 is 0 Å². The summed E-state index contributed by atoms with van der Waals surface area (Å²) in [6.07, 6.45) is 1.40. The molecule has 1 aromatic carbocycles. The third-order valence-electron chi connectivity index (χ3n) is 3.20. The Labute approximate surface area is 119 Å². The molecule has 1 aliphatic rings. The van der Waals surface area contributed by atoms with Gasteiger partial charge in [-0.25, -0.2) is 18.2 Å². The number of rotatable bonds is 2. The van der Waals surface area contributed by atoms with Crippen LogP contribution in [-0.4, -0.2) is 17.1 Å². The van der Waals surface area contributed by atoms with Crippen LogP contribution in [0.2, 0.25) is 0 Å². The lowest BCUT2D eigenvalue weighted by atomic mass is 9.77. The van der Waals surface area contributed by atoms with Crippen LogP contribution >= 0.6 is 0 Å². The van der Waals surface area contributed by atoms with Crippen molar-refractivity contribution in [3.05, 3.63) is 40.9 Å². The molecule has 1 N–H and O–H groups in total. The van der Waals surface area contributed by atoms with Crippen LogP contribution in [0.1, 0.15) is 26.7 Å². The maximum atomic E-state index is 13.4. The van der Waals surface area contributed by atoms with E-state index in [4.69, 9.17) is 0 Å². The summed E-state index contributed by atoms with van der Waals surface area (Å²) in [5.41, 5.74) is -1.14. The first kappa shape index (κ1) is 15.3. The van der Waals surface area contributed by atoms with Crippen LogP contribution < -0.4 is 0 Å². The van der Waals surface area contributed by atoms with Gasteiger partial charge in [-0.3, -0.25) is 4.79 Å². The van der Waals surface area contributed by atoms with E-state index in [9.17, 15) is 23.1 Å². The summed E-state index contributed by atoms with van der Waals surface area (Å²) in [7, 11) is 0. The van der Waals surface area contributed by atoms with Crippen LogP contribution in [0.15, 0.2) is 28.5 Å². The van der Waals surface area contributed by atoms with E-state index < -0.39 is 23.1 Å². The molecule has 0 fully saturated rings. The average Bonchev–Trinajstić information content (AvgIpc) is 2.29. The summed E-state index contributed by atoms with van der Waals surface area (Å²) in [6.45, 7) is 3.66. The van der Waals surface area contributed by atoms with Gasteiger partial charge in [-0.2, -0.15) is 0 Å². The number of hydrogen-bond donors (Lipinski definition) is 1. The van der Waals surface area contributed by atoms with Gasteiger partial charge in [-0.05, 0) is 5.41 Å². The highest BCUT2D eigenvalue weighted by Gasteiger charge is 2.32. The minimum atomic E-state index is -1.17. The van der Waals surface area contributed by atoms with Gasteiger partial charge in [-0.15, -0.1) is 0 Å². The zero-order valence-electron chi connectivity index (χ0n) is 11.6. The quantitative estimate of drug-likeness (QED) is 0.839. The van der Waals surface area contributed by atoms with Crippen molar-refractivity contribution in [3.8, 4) is 0 Å². The summed E-state index contributed by atoms with van der Waals surface area (Å²) in [4.78, 5) is 15.4. The van der Waals surface area contributed by atoms with Crippen molar-refractivity contribution >= 4 is 17.7 Å². The Balaban J connectivity index is 2.36. The molecule has 0 aliphatic heterocycles. The molecule has 0 amide bonds. The molecule has 2 rings (SSSR count). The molecule has 0 aromatic heterocycles. The molecule has 0 bridgehead atoms. The van der Waals surface area contributed by atoms with Crippen molar-refractivity contribution in [1.82, 2.24) is 0 Å². The molecule has 0 atom stereocenters. The van der Waals surface area contributed by atoms with Crippen molar-refractivity contribution in [2.24, 2.45) is 10.4 Å². The monoisotopic (exact) mass is 297 g/mol. The second-order valence-corrected chi connectivity index (χ2v) is 5.78. The number of aliphatic hydroxyl groups is 1. The van der Waals surface area contributed by atoms with Crippen LogP contribution in [0.25, 0.3) is 0 Å². The van der Waals surface area contributed by atoms with Crippen molar-refractivity contribution in [2.75, 3.05) is 0 Å². The summed E-state index contributed by atoms with van der Waals surface area (Å²) < 4.78 is 39.6. The van der Waals surface area contributed by atoms with Gasteiger partial charge in [0, 0.05) is 31.2 Å². The average molecular weight is 297 g/mol. The fourth-order valence-corrected chi connectivity index (χ4v) is 2.24. The molecule has 0 saturated heterocycles. The molecule has 0 spiro atoms. The second kappa shape index (κ2) is 5.35. The molecule has 0 radical (unpaired) electrons. The number of nitrogens with zero attached hydrogens (tertiary/aromatic N) is 1. The van der Waals surface area contributed by atoms with Gasteiger partial charge in [0.1, 0.15) is 17.3 Å². The van der Waals surface area contributed by atoms with Crippen LogP contribution in [0.5, 0.6) is 0 Å². The Hall–Kier alpha value is -2.11. The SMILES string of the molecule is CC1(C)CC(=O)C(C=Nc2c(F)cc(F)cc2F)=C(O)C1. The fourth-order valence-electron chi connectivity index (χ4n) is 2.24. The summed E-state index contributed by atoms with van der Waals surface area (Å²) in [5.74, 6) is -3.92. The van der Waals surface area contributed by atoms with Crippen LogP contribution in [-0.2, 0) is 4.79 Å². The van der Waals surface area contributed by atoms with E-state index in [0.29, 0.717) is 12.1 Å². The smallest absolute Gasteiger partial charge is 0.168 e. The lowest BCUT2D eigenvalue weighted by molar-refractivity contribution is -0.117. The number of benzene rings is 1. The zero-order valence-corrected chi connectivity index (χ0v) is 11.6. The zero-order chi connectivity index (χ0) is 15.8. The number of halogens is 3. The van der Waals surface area contributed by atoms with E-state index in [-0.39, 0.29) is 35.4 Å². The predicted molar refractivity (Wildman–Crippen MR) is 72.1 cm³/mol. The third kappa shape index (κ3) is 3.32. The van der Waals surface area contributed by atoms with Gasteiger partial charge in [0.25, 0.3) is 0 Å². The molecule has 0 saturated carbocycles. The number of allylic oxidation sites excluding steroid dienone is 2. The Morgan fingerprint density at radius 2 is 1.76 bits per heavy atom. The minimum absolute atomic E-state index is 0.0718. The first-order chi connectivity index (χ1) is 9.69. The normalized spacial score (nSPS) is 18.6. The van der Waals surface area contributed by atoms with Crippen molar-refractivity contribution in [1.29, 1.82) is 0 Å². The van der Waals surface area contributed by atoms with E-state index in [1.165, 1.54) is 0 Å². The molecule has 3 nitrogen and oxygen atoms in total. The molecule has 1 aliphatic carbocycles. The molecule has 112 valence electrons. The van der Waals surface area contributed by atoms with Crippen LogP contribution in [0.3, 0.4) is 0 Å². The van der Waals surface area contributed by atoms with E-state index in [1.807, 2.05) is 13.8 Å². The van der Waals surface area contributed by atoms with E-state index in [1.54, 1.807) is 0 Å². The van der Waals surface area contributed by atoms with Crippen LogP contribution in [0.4, 0.5) is 18.9 Å². The topological polar surface area (TPSA) is 49.7 Å². The highest BCUT2D eigenvalue weighted by atomic mass is 19.1. The third-order valence-corrected chi connectivity index (χ3v) is 3.20. The second-order valence-electron chi connectivity index (χ2n) is 5.78. The van der Waals surface area contributed by atoms with Crippen molar-refractivity contribution in [3.63, 3.8) is 0 Å².